The van der Waals surface area contributed by atoms with Gasteiger partial charge in [0.05, 0.1) is 5.56 Å². The van der Waals surface area contributed by atoms with Crippen molar-refractivity contribution in [3.05, 3.63) is 70.0 Å². The number of rotatable bonds is 2. The van der Waals surface area contributed by atoms with Crippen LogP contribution in [0.5, 0.6) is 0 Å². The molecule has 1 fully saturated rings. The second-order valence-electron chi connectivity index (χ2n) is 4.88. The van der Waals surface area contributed by atoms with Gasteiger partial charge in [0.15, 0.2) is 23.3 Å². The Balaban J connectivity index is 2.01. The minimum Gasteiger partial charge on any atom is -0.359 e. The molecule has 2 atom stereocenters. The summed E-state index contributed by atoms with van der Waals surface area (Å²) in [6.07, 6.45) is -1.88. The lowest BCUT2D eigenvalue weighted by Crippen LogP contribution is -2.06. The number of hydrogen-bond donors (Lipinski definition) is 0. The first-order chi connectivity index (χ1) is 9.91. The second kappa shape index (κ2) is 4.80. The molecule has 1 heterocycles. The van der Waals surface area contributed by atoms with Crippen LogP contribution in [-0.4, -0.2) is 0 Å². The summed E-state index contributed by atoms with van der Waals surface area (Å²) in [5.41, 5.74) is 0.612. The number of benzene rings is 2. The number of ether oxygens (including phenoxy) is 1. The predicted molar refractivity (Wildman–Crippen MR) is 64.0 cm³/mol. The van der Waals surface area contributed by atoms with Crippen LogP contribution in [0.1, 0.15) is 28.9 Å². The van der Waals surface area contributed by atoms with Crippen molar-refractivity contribution < 1.29 is 26.7 Å². The Morgan fingerprint density at radius 1 is 0.810 bits per heavy atom. The molecule has 1 aliphatic heterocycles. The maximum atomic E-state index is 13.7. The zero-order valence-corrected chi connectivity index (χ0v) is 10.8. The summed E-state index contributed by atoms with van der Waals surface area (Å²) in [6, 6.07) is 6.95. The highest BCUT2D eigenvalue weighted by atomic mass is 19.2. The molecular weight excluding hydrogens is 291 g/mol. The topological polar surface area (TPSA) is 12.5 Å². The van der Waals surface area contributed by atoms with Gasteiger partial charge < -0.3 is 4.74 Å². The van der Waals surface area contributed by atoms with E-state index >= 15 is 0 Å². The molecule has 0 saturated carbocycles. The molecule has 6 heteroatoms. The average molecular weight is 300 g/mol. The van der Waals surface area contributed by atoms with E-state index in [1.165, 1.54) is 0 Å². The van der Waals surface area contributed by atoms with Gasteiger partial charge in [-0.05, 0) is 12.5 Å². The van der Waals surface area contributed by atoms with E-state index in [4.69, 9.17) is 4.74 Å². The van der Waals surface area contributed by atoms with Crippen molar-refractivity contribution in [2.45, 2.75) is 19.1 Å². The van der Waals surface area contributed by atoms with Gasteiger partial charge in [0.2, 0.25) is 5.82 Å². The quantitative estimate of drug-likeness (QED) is 0.344. The van der Waals surface area contributed by atoms with Crippen LogP contribution in [0.2, 0.25) is 0 Å². The summed E-state index contributed by atoms with van der Waals surface area (Å²) in [5.74, 6) is -9.76. The first-order valence-corrected chi connectivity index (χ1v) is 6.15. The van der Waals surface area contributed by atoms with E-state index in [1.807, 2.05) is 13.0 Å². The highest BCUT2D eigenvalue weighted by Gasteiger charge is 2.47. The van der Waals surface area contributed by atoms with Gasteiger partial charge in [0.25, 0.3) is 0 Å². The monoisotopic (exact) mass is 300 g/mol. The third-order valence-corrected chi connectivity index (χ3v) is 3.39. The number of epoxide rings is 1. The van der Waals surface area contributed by atoms with Gasteiger partial charge in [-0.25, -0.2) is 22.0 Å². The van der Waals surface area contributed by atoms with Crippen LogP contribution in [0, 0.1) is 36.0 Å². The molecule has 1 nitrogen and oxygen atoms in total. The molecule has 0 spiro atoms. The summed E-state index contributed by atoms with van der Waals surface area (Å²) in [5, 5.41) is 0. The van der Waals surface area contributed by atoms with Gasteiger partial charge >= 0.3 is 0 Å². The van der Waals surface area contributed by atoms with E-state index in [-0.39, 0.29) is 0 Å². The zero-order valence-electron chi connectivity index (χ0n) is 10.8. The van der Waals surface area contributed by atoms with Crippen molar-refractivity contribution in [1.29, 1.82) is 0 Å². The van der Waals surface area contributed by atoms with Crippen LogP contribution >= 0.6 is 0 Å². The van der Waals surface area contributed by atoms with Gasteiger partial charge in [-0.3, -0.25) is 0 Å². The van der Waals surface area contributed by atoms with Crippen LogP contribution in [0.3, 0.4) is 0 Å². The minimum atomic E-state index is -2.17. The third kappa shape index (κ3) is 2.19. The predicted octanol–water partition coefficient (Wildman–Crippen LogP) is 4.50. The molecule has 0 aromatic heterocycles. The fourth-order valence-corrected chi connectivity index (χ4v) is 2.30. The van der Waals surface area contributed by atoms with Crippen LogP contribution in [-0.2, 0) is 4.74 Å². The smallest absolute Gasteiger partial charge is 0.200 e. The maximum Gasteiger partial charge on any atom is 0.200 e. The van der Waals surface area contributed by atoms with Gasteiger partial charge in [-0.2, -0.15) is 0 Å². The number of hydrogen-bond acceptors (Lipinski definition) is 1. The Labute approximate surface area is 117 Å². The number of halogens is 5. The molecular formula is C15H9F5O. The van der Waals surface area contributed by atoms with E-state index in [0.717, 1.165) is 5.56 Å². The molecule has 2 aromatic carbocycles. The van der Waals surface area contributed by atoms with E-state index in [9.17, 15) is 22.0 Å². The molecule has 0 amide bonds. The van der Waals surface area contributed by atoms with Crippen LogP contribution in [0.4, 0.5) is 22.0 Å². The van der Waals surface area contributed by atoms with E-state index < -0.39 is 46.9 Å². The Morgan fingerprint density at radius 3 is 1.95 bits per heavy atom. The van der Waals surface area contributed by atoms with Crippen molar-refractivity contribution in [3.63, 3.8) is 0 Å². The first-order valence-electron chi connectivity index (χ1n) is 6.15. The standard InChI is InChI=1S/C15H9F5O/c1-6-3-2-4-7(5-6)14-15(21-14)8-9(16)11(18)13(20)12(19)10(8)17/h2-5,14-15H,1H3. The third-order valence-electron chi connectivity index (χ3n) is 3.39. The van der Waals surface area contributed by atoms with Gasteiger partial charge in [0.1, 0.15) is 12.2 Å². The Hall–Kier alpha value is -1.95. The van der Waals surface area contributed by atoms with Crippen molar-refractivity contribution in [3.8, 4) is 0 Å². The molecule has 1 aliphatic rings. The summed E-state index contributed by atoms with van der Waals surface area (Å²) >= 11 is 0. The van der Waals surface area contributed by atoms with Crippen molar-refractivity contribution in [2.75, 3.05) is 0 Å². The van der Waals surface area contributed by atoms with Crippen molar-refractivity contribution in [2.24, 2.45) is 0 Å². The molecule has 1 saturated heterocycles. The summed E-state index contributed by atoms with van der Waals surface area (Å²) in [4.78, 5) is 0. The molecule has 2 aromatic rings. The second-order valence-corrected chi connectivity index (χ2v) is 4.88. The van der Waals surface area contributed by atoms with E-state index in [2.05, 4.69) is 0 Å². The number of aryl methyl sites for hydroxylation is 1. The molecule has 0 N–H and O–H groups in total. The Bertz CT molecular complexity index is 699. The van der Waals surface area contributed by atoms with Gasteiger partial charge in [0, 0.05) is 0 Å². The maximum absolute atomic E-state index is 13.7. The lowest BCUT2D eigenvalue weighted by atomic mass is 10.0. The van der Waals surface area contributed by atoms with Gasteiger partial charge in [-0.1, -0.05) is 29.8 Å². The van der Waals surface area contributed by atoms with Crippen LogP contribution in [0.25, 0.3) is 0 Å². The van der Waals surface area contributed by atoms with Crippen molar-refractivity contribution >= 4 is 0 Å². The molecule has 110 valence electrons. The zero-order chi connectivity index (χ0) is 15.3. The Morgan fingerprint density at radius 2 is 1.38 bits per heavy atom. The molecule has 0 bridgehead atoms. The lowest BCUT2D eigenvalue weighted by molar-refractivity contribution is 0.339. The molecule has 3 rings (SSSR count). The molecule has 21 heavy (non-hydrogen) atoms. The summed E-state index contributed by atoms with van der Waals surface area (Å²) in [7, 11) is 0. The summed E-state index contributed by atoms with van der Waals surface area (Å²) in [6.45, 7) is 1.82. The van der Waals surface area contributed by atoms with Gasteiger partial charge in [-0.15, -0.1) is 0 Å². The first kappa shape index (κ1) is 14.0. The fraction of sp³-hybridized carbons (Fsp3) is 0.200. The van der Waals surface area contributed by atoms with E-state index in [0.29, 0.717) is 5.56 Å². The average Bonchev–Trinajstić information content (AvgIpc) is 3.23. The molecule has 2 unspecified atom stereocenters. The fourth-order valence-electron chi connectivity index (χ4n) is 2.30. The summed E-state index contributed by atoms with van der Waals surface area (Å²) < 4.78 is 71.8. The SMILES string of the molecule is Cc1cccc(C2OC2c2c(F)c(F)c(F)c(F)c2F)c1. The molecule has 0 aliphatic carbocycles. The lowest BCUT2D eigenvalue weighted by Gasteiger charge is -2.06. The van der Waals surface area contributed by atoms with Crippen molar-refractivity contribution in [1.82, 2.24) is 0 Å². The normalized spacial score (nSPS) is 20.7. The Kier molecular flexibility index (Phi) is 3.20. The largest absolute Gasteiger partial charge is 0.359 e. The molecule has 0 radical (unpaired) electrons. The minimum absolute atomic E-state index is 0.629. The van der Waals surface area contributed by atoms with Crippen LogP contribution < -0.4 is 0 Å². The van der Waals surface area contributed by atoms with E-state index in [1.54, 1.807) is 18.2 Å². The highest BCUT2D eigenvalue weighted by Crippen LogP contribution is 2.52. The van der Waals surface area contributed by atoms with Crippen LogP contribution in [0.15, 0.2) is 24.3 Å². The highest BCUT2D eigenvalue weighted by molar-refractivity contribution is 5.35.